The largest absolute Gasteiger partial charge is 0.290 e. The van der Waals surface area contributed by atoms with Crippen molar-refractivity contribution in [2.45, 2.75) is 65.2 Å². The van der Waals surface area contributed by atoms with Crippen LogP contribution in [-0.4, -0.2) is 17.7 Å². The number of benzene rings is 3. The molecule has 0 aliphatic heterocycles. The van der Waals surface area contributed by atoms with E-state index in [1.54, 1.807) is 19.9 Å². The molecule has 1 aliphatic carbocycles. The van der Waals surface area contributed by atoms with Crippen LogP contribution in [0.15, 0.2) is 114 Å². The van der Waals surface area contributed by atoms with Crippen molar-refractivity contribution < 1.29 is 9.59 Å². The van der Waals surface area contributed by atoms with Gasteiger partial charge in [0.1, 0.15) is 23.2 Å². The van der Waals surface area contributed by atoms with E-state index in [1.807, 2.05) is 0 Å². The van der Waals surface area contributed by atoms with Crippen molar-refractivity contribution in [3.05, 3.63) is 114 Å². The molecule has 3 aromatic carbocycles. The van der Waals surface area contributed by atoms with E-state index in [2.05, 4.69) is 91.0 Å². The van der Waals surface area contributed by atoms with Gasteiger partial charge in [-0.1, -0.05) is 80.3 Å². The van der Waals surface area contributed by atoms with Crippen LogP contribution in [0.2, 0.25) is 0 Å². The molecule has 4 rings (SSSR count). The molecule has 0 unspecified atom stereocenters. The van der Waals surface area contributed by atoms with Crippen molar-refractivity contribution in [1.29, 1.82) is 0 Å². The third kappa shape index (κ3) is 6.48. The van der Waals surface area contributed by atoms with Gasteiger partial charge >= 0.3 is 0 Å². The highest BCUT2D eigenvalue weighted by molar-refractivity contribution is 7.95. The lowest BCUT2D eigenvalue weighted by molar-refractivity contribution is -0.116. The molecule has 0 amide bonds. The van der Waals surface area contributed by atoms with E-state index in [4.69, 9.17) is 0 Å². The van der Waals surface area contributed by atoms with Crippen molar-refractivity contribution in [1.82, 2.24) is 0 Å². The summed E-state index contributed by atoms with van der Waals surface area (Å²) in [4.78, 5) is 24.5. The molecule has 0 radical (unpaired) electrons. The molecular formula is C35H40O2P+. The molecule has 0 atom stereocenters. The first-order chi connectivity index (χ1) is 18.5. The second-order valence-corrected chi connectivity index (χ2v) is 14.0. The predicted molar refractivity (Wildman–Crippen MR) is 163 cm³/mol. The van der Waals surface area contributed by atoms with Crippen LogP contribution in [0, 0.1) is 0 Å². The summed E-state index contributed by atoms with van der Waals surface area (Å²) in [5.74, 6) is 0.0571. The highest BCUT2D eigenvalue weighted by atomic mass is 31.2. The molecular weight excluding hydrogens is 483 g/mol. The smallest absolute Gasteiger partial charge is 0.185 e. The van der Waals surface area contributed by atoms with E-state index in [1.165, 1.54) is 54.2 Å². The zero-order chi connectivity index (χ0) is 26.8. The first-order valence-electron chi connectivity index (χ1n) is 14.1. The Morgan fingerprint density at radius 3 is 1.42 bits per heavy atom. The highest BCUT2D eigenvalue weighted by Crippen LogP contribution is 2.56. The van der Waals surface area contributed by atoms with Crippen LogP contribution < -0.4 is 15.9 Å². The minimum atomic E-state index is -1.73. The summed E-state index contributed by atoms with van der Waals surface area (Å²) in [5, 5.41) is 4.38. The van der Waals surface area contributed by atoms with E-state index < -0.39 is 7.26 Å². The van der Waals surface area contributed by atoms with Crippen LogP contribution in [0.3, 0.4) is 0 Å². The van der Waals surface area contributed by atoms with Gasteiger partial charge < -0.3 is 0 Å². The Morgan fingerprint density at radius 2 is 0.947 bits per heavy atom. The third-order valence-corrected chi connectivity index (χ3v) is 12.4. The van der Waals surface area contributed by atoms with Crippen LogP contribution >= 0.6 is 7.26 Å². The Bertz CT molecular complexity index is 1180. The number of rotatable bonds is 13. The molecule has 3 aromatic rings. The average Bonchev–Trinajstić information content (AvgIpc) is 2.97. The van der Waals surface area contributed by atoms with Gasteiger partial charge in [-0.15, -0.1) is 0 Å². The molecule has 0 spiro atoms. The van der Waals surface area contributed by atoms with Gasteiger partial charge in [-0.25, -0.2) is 0 Å². The summed E-state index contributed by atoms with van der Waals surface area (Å²) in [6.07, 6.45) is 11.6. The van der Waals surface area contributed by atoms with Gasteiger partial charge in [-0.3, -0.25) is 9.59 Å². The van der Waals surface area contributed by atoms with Gasteiger partial charge in [-0.05, 0) is 82.0 Å². The second-order valence-electron chi connectivity index (χ2n) is 10.4. The fourth-order valence-corrected chi connectivity index (χ4v) is 9.95. The summed E-state index contributed by atoms with van der Waals surface area (Å²) < 4.78 is 0. The molecule has 0 heterocycles. The van der Waals surface area contributed by atoms with Crippen LogP contribution in [0.25, 0.3) is 0 Å². The van der Waals surface area contributed by atoms with Gasteiger partial charge in [0.2, 0.25) is 0 Å². The normalized spacial score (nSPS) is 14.1. The lowest BCUT2D eigenvalue weighted by Gasteiger charge is -2.27. The fraction of sp³-hybridized carbons (Fsp3) is 0.314. The molecule has 0 saturated heterocycles. The molecule has 38 heavy (non-hydrogen) atoms. The molecule has 0 bridgehead atoms. The Balaban J connectivity index is 1.31. The van der Waals surface area contributed by atoms with Gasteiger partial charge in [0, 0.05) is 16.7 Å². The number of Topliss-reactive ketones (excluding diaryl/α,β-unsaturated/α-hetero) is 1. The average molecular weight is 524 g/mol. The number of hydrogen-bond acceptors (Lipinski definition) is 2. The van der Waals surface area contributed by atoms with Gasteiger partial charge in [0.15, 0.2) is 11.6 Å². The van der Waals surface area contributed by atoms with Crippen molar-refractivity contribution >= 4 is 34.7 Å². The SMILES string of the molecule is CC1=C(C)C(=O)C(CCCCCCCCC[P+](c2ccccc2)(c2ccccc2)c2ccccc2)=CC1=O. The monoisotopic (exact) mass is 523 g/mol. The van der Waals surface area contributed by atoms with E-state index in [9.17, 15) is 9.59 Å². The Morgan fingerprint density at radius 1 is 0.526 bits per heavy atom. The topological polar surface area (TPSA) is 34.1 Å². The Labute approximate surface area is 229 Å². The van der Waals surface area contributed by atoms with Crippen LogP contribution in [0.1, 0.15) is 65.2 Å². The van der Waals surface area contributed by atoms with E-state index >= 15 is 0 Å². The van der Waals surface area contributed by atoms with E-state index in [-0.39, 0.29) is 11.6 Å². The molecule has 1 aliphatic rings. The van der Waals surface area contributed by atoms with E-state index in [0.717, 1.165) is 12.8 Å². The number of ketones is 2. The molecule has 3 heteroatoms. The lowest BCUT2D eigenvalue weighted by atomic mass is 9.88. The maximum atomic E-state index is 12.4. The fourth-order valence-electron chi connectivity index (χ4n) is 5.54. The van der Waals surface area contributed by atoms with Crippen molar-refractivity contribution in [3.63, 3.8) is 0 Å². The number of hydrogen-bond donors (Lipinski definition) is 0. The summed E-state index contributed by atoms with van der Waals surface area (Å²) >= 11 is 0. The van der Waals surface area contributed by atoms with Gasteiger partial charge in [0.25, 0.3) is 0 Å². The van der Waals surface area contributed by atoms with Gasteiger partial charge in [0.05, 0.1) is 6.16 Å². The summed E-state index contributed by atoms with van der Waals surface area (Å²) in [6, 6.07) is 33.4. The number of carbonyl (C=O) groups excluding carboxylic acids is 2. The molecule has 0 fully saturated rings. The van der Waals surface area contributed by atoms with Gasteiger partial charge in [-0.2, -0.15) is 0 Å². The van der Waals surface area contributed by atoms with Crippen LogP contribution in [0.4, 0.5) is 0 Å². The second kappa shape index (κ2) is 13.6. The van der Waals surface area contributed by atoms with E-state index in [0.29, 0.717) is 23.1 Å². The van der Waals surface area contributed by atoms with Crippen LogP contribution in [0.5, 0.6) is 0 Å². The maximum Gasteiger partial charge on any atom is 0.185 e. The Kier molecular flexibility index (Phi) is 10.0. The standard InChI is InChI=1S/C35H40O2P/c1-28-29(2)35(37)30(27-34(28)36)19-11-6-4-3-5-7-18-26-38(31-20-12-8-13-21-31,32-22-14-9-15-23-32)33-24-16-10-17-25-33/h8-10,12-17,20-25,27H,3-7,11,18-19,26H2,1-2H3/q+1. The number of allylic oxidation sites excluding steroid dienone is 4. The first kappa shape index (κ1) is 27.9. The molecule has 0 N–H and O–H groups in total. The molecule has 0 aromatic heterocycles. The summed E-state index contributed by atoms with van der Waals surface area (Å²) in [6.45, 7) is 3.52. The quantitative estimate of drug-likeness (QED) is 0.132. The minimum Gasteiger partial charge on any atom is -0.290 e. The van der Waals surface area contributed by atoms with Crippen molar-refractivity contribution in [3.8, 4) is 0 Å². The van der Waals surface area contributed by atoms with Crippen molar-refractivity contribution in [2.24, 2.45) is 0 Å². The predicted octanol–water partition coefficient (Wildman–Crippen LogP) is 7.52. The Hall–Kier alpha value is -3.09. The highest BCUT2D eigenvalue weighted by Gasteiger charge is 2.44. The maximum absolute atomic E-state index is 12.4. The van der Waals surface area contributed by atoms with Crippen molar-refractivity contribution in [2.75, 3.05) is 6.16 Å². The molecule has 196 valence electrons. The summed E-state index contributed by atoms with van der Waals surface area (Å²) in [5.41, 5.74) is 1.91. The number of unbranched alkanes of at least 4 members (excludes halogenated alkanes) is 6. The van der Waals surface area contributed by atoms with Crippen LogP contribution in [-0.2, 0) is 9.59 Å². The summed E-state index contributed by atoms with van der Waals surface area (Å²) in [7, 11) is -1.73. The minimum absolute atomic E-state index is 0.00229. The third-order valence-electron chi connectivity index (χ3n) is 7.90. The lowest BCUT2D eigenvalue weighted by Crippen LogP contribution is -2.33. The molecule has 0 saturated carbocycles. The zero-order valence-corrected chi connectivity index (χ0v) is 23.8. The zero-order valence-electron chi connectivity index (χ0n) is 22.9. The first-order valence-corrected chi connectivity index (χ1v) is 16.0. The molecule has 2 nitrogen and oxygen atoms in total. The number of carbonyl (C=O) groups is 2.